The first-order chi connectivity index (χ1) is 15.1. The quantitative estimate of drug-likeness (QED) is 0.528. The summed E-state index contributed by atoms with van der Waals surface area (Å²) in [5.74, 6) is 0.279. The topological polar surface area (TPSA) is 84.5 Å². The van der Waals surface area contributed by atoms with Crippen LogP contribution in [0.2, 0.25) is 0 Å². The van der Waals surface area contributed by atoms with E-state index in [1.54, 1.807) is 12.1 Å². The summed E-state index contributed by atoms with van der Waals surface area (Å²) in [6.45, 7) is 6.45. The average Bonchev–Trinajstić information content (AvgIpc) is 2.77. The lowest BCUT2D eigenvalue weighted by atomic mass is 9.87. The predicted molar refractivity (Wildman–Crippen MR) is 126 cm³/mol. The van der Waals surface area contributed by atoms with Crippen LogP contribution in [-0.4, -0.2) is 20.9 Å². The third kappa shape index (κ3) is 6.67. The lowest BCUT2D eigenvalue weighted by Gasteiger charge is -2.19. The van der Waals surface area contributed by atoms with Gasteiger partial charge in [-0.05, 0) is 52.9 Å². The zero-order valence-corrected chi connectivity index (χ0v) is 19.3. The first-order valence-corrected chi connectivity index (χ1v) is 11.8. The zero-order valence-electron chi connectivity index (χ0n) is 18.5. The van der Waals surface area contributed by atoms with E-state index in [-0.39, 0.29) is 29.4 Å². The van der Waals surface area contributed by atoms with Gasteiger partial charge in [0.2, 0.25) is 10.0 Å². The molecule has 0 atom stereocenters. The lowest BCUT2D eigenvalue weighted by Crippen LogP contribution is -2.23. The second kappa shape index (κ2) is 9.97. The van der Waals surface area contributed by atoms with Gasteiger partial charge in [0.1, 0.15) is 5.75 Å². The maximum Gasteiger partial charge on any atom is 0.262 e. The van der Waals surface area contributed by atoms with Crippen molar-refractivity contribution >= 4 is 21.6 Å². The smallest absolute Gasteiger partial charge is 0.262 e. The number of sulfonamides is 1. The van der Waals surface area contributed by atoms with Crippen molar-refractivity contribution < 1.29 is 17.9 Å². The molecule has 0 bridgehead atoms. The van der Waals surface area contributed by atoms with Crippen LogP contribution in [0.4, 0.5) is 5.69 Å². The zero-order chi connectivity index (χ0) is 23.2. The largest absolute Gasteiger partial charge is 0.484 e. The Hall–Kier alpha value is -3.16. The van der Waals surface area contributed by atoms with E-state index < -0.39 is 10.0 Å². The summed E-state index contributed by atoms with van der Waals surface area (Å²) in [5, 5.41) is 2.71. The molecule has 0 saturated heterocycles. The van der Waals surface area contributed by atoms with Gasteiger partial charge in [0.25, 0.3) is 5.91 Å². The van der Waals surface area contributed by atoms with Crippen molar-refractivity contribution in [3.63, 3.8) is 0 Å². The summed E-state index contributed by atoms with van der Waals surface area (Å²) < 4.78 is 33.0. The van der Waals surface area contributed by atoms with E-state index in [0.29, 0.717) is 11.4 Å². The third-order valence-corrected chi connectivity index (χ3v) is 6.26. The minimum Gasteiger partial charge on any atom is -0.484 e. The summed E-state index contributed by atoms with van der Waals surface area (Å²) in [6, 6.07) is 22.9. The maximum absolute atomic E-state index is 12.5. The van der Waals surface area contributed by atoms with Crippen LogP contribution in [-0.2, 0) is 26.8 Å². The number of ether oxygens (including phenoxy) is 1. The number of anilines is 1. The SMILES string of the molecule is CC(C)(C)c1ccc(OCC(=O)Nc2ccc(S(=O)(=O)NCc3ccccc3)cc2)cc1. The number of amides is 1. The molecule has 3 rings (SSSR count). The van der Waals surface area contributed by atoms with Crippen LogP contribution in [0.3, 0.4) is 0 Å². The number of hydrogen-bond acceptors (Lipinski definition) is 4. The van der Waals surface area contributed by atoms with Gasteiger partial charge in [-0.2, -0.15) is 0 Å². The maximum atomic E-state index is 12.5. The van der Waals surface area contributed by atoms with Crippen molar-refractivity contribution in [3.8, 4) is 5.75 Å². The molecule has 0 heterocycles. The highest BCUT2D eigenvalue weighted by Crippen LogP contribution is 2.24. The fraction of sp³-hybridized carbons (Fsp3) is 0.240. The Labute approximate surface area is 189 Å². The molecule has 168 valence electrons. The van der Waals surface area contributed by atoms with Crippen molar-refractivity contribution in [1.82, 2.24) is 4.72 Å². The molecule has 7 heteroatoms. The van der Waals surface area contributed by atoms with Crippen LogP contribution in [0.25, 0.3) is 0 Å². The molecule has 0 fully saturated rings. The molecule has 0 spiro atoms. The van der Waals surface area contributed by atoms with E-state index in [1.165, 1.54) is 17.7 Å². The van der Waals surface area contributed by atoms with Gasteiger partial charge < -0.3 is 10.1 Å². The second-order valence-corrected chi connectivity index (χ2v) is 10.2. The normalized spacial score (nSPS) is 11.7. The monoisotopic (exact) mass is 452 g/mol. The summed E-state index contributed by atoms with van der Waals surface area (Å²) in [5.41, 5.74) is 2.59. The Kier molecular flexibility index (Phi) is 7.33. The molecule has 0 aliphatic carbocycles. The van der Waals surface area contributed by atoms with E-state index in [0.717, 1.165) is 5.56 Å². The Morgan fingerprint density at radius 1 is 0.875 bits per heavy atom. The molecule has 3 aromatic carbocycles. The van der Waals surface area contributed by atoms with Crippen molar-refractivity contribution in [2.75, 3.05) is 11.9 Å². The van der Waals surface area contributed by atoms with Gasteiger partial charge in [-0.1, -0.05) is 63.2 Å². The molecular weight excluding hydrogens is 424 g/mol. The third-order valence-electron chi connectivity index (χ3n) is 4.85. The standard InChI is InChI=1S/C25H28N2O4S/c1-25(2,3)20-9-13-22(14-10-20)31-18-24(28)27-21-11-15-23(16-12-21)32(29,30)26-17-19-7-5-4-6-8-19/h4-16,26H,17-18H2,1-3H3,(H,27,28). The first-order valence-electron chi connectivity index (χ1n) is 10.3. The minimum atomic E-state index is -3.65. The van der Waals surface area contributed by atoms with E-state index >= 15 is 0 Å². The first kappa shape index (κ1) is 23.5. The fourth-order valence-corrected chi connectivity index (χ4v) is 3.99. The second-order valence-electron chi connectivity index (χ2n) is 8.45. The van der Waals surface area contributed by atoms with Gasteiger partial charge in [0.05, 0.1) is 4.90 Å². The van der Waals surface area contributed by atoms with Gasteiger partial charge in [-0.15, -0.1) is 0 Å². The predicted octanol–water partition coefficient (Wildman–Crippen LogP) is 4.48. The lowest BCUT2D eigenvalue weighted by molar-refractivity contribution is -0.118. The minimum absolute atomic E-state index is 0.0482. The van der Waals surface area contributed by atoms with Crippen molar-refractivity contribution in [2.45, 2.75) is 37.6 Å². The van der Waals surface area contributed by atoms with Crippen LogP contribution in [0.15, 0.2) is 83.8 Å². The number of hydrogen-bond donors (Lipinski definition) is 2. The van der Waals surface area contributed by atoms with Crippen LogP contribution in [0, 0.1) is 0 Å². The summed E-state index contributed by atoms with van der Waals surface area (Å²) >= 11 is 0. The van der Waals surface area contributed by atoms with E-state index in [1.807, 2.05) is 54.6 Å². The number of rotatable bonds is 8. The Morgan fingerprint density at radius 3 is 2.09 bits per heavy atom. The van der Waals surface area contributed by atoms with Gasteiger partial charge in [0, 0.05) is 12.2 Å². The average molecular weight is 453 g/mol. The fourth-order valence-electron chi connectivity index (χ4n) is 2.97. The molecular formula is C25H28N2O4S. The molecule has 0 aliphatic heterocycles. The number of benzene rings is 3. The highest BCUT2D eigenvalue weighted by Gasteiger charge is 2.15. The molecule has 32 heavy (non-hydrogen) atoms. The molecule has 6 nitrogen and oxygen atoms in total. The Morgan fingerprint density at radius 2 is 1.50 bits per heavy atom. The molecule has 0 unspecified atom stereocenters. The van der Waals surface area contributed by atoms with Crippen LogP contribution >= 0.6 is 0 Å². The highest BCUT2D eigenvalue weighted by molar-refractivity contribution is 7.89. The van der Waals surface area contributed by atoms with Crippen LogP contribution < -0.4 is 14.8 Å². The van der Waals surface area contributed by atoms with E-state index in [2.05, 4.69) is 30.8 Å². The molecule has 1 amide bonds. The molecule has 3 aromatic rings. The molecule has 0 aliphatic rings. The molecule has 0 aromatic heterocycles. The van der Waals surface area contributed by atoms with Gasteiger partial charge in [-0.3, -0.25) is 4.79 Å². The number of carbonyl (C=O) groups excluding carboxylic acids is 1. The molecule has 0 radical (unpaired) electrons. The molecule has 0 saturated carbocycles. The summed E-state index contributed by atoms with van der Waals surface area (Å²) in [6.07, 6.45) is 0. The Balaban J connectivity index is 1.51. The Bertz CT molecular complexity index is 1140. The van der Waals surface area contributed by atoms with E-state index in [9.17, 15) is 13.2 Å². The van der Waals surface area contributed by atoms with Gasteiger partial charge >= 0.3 is 0 Å². The van der Waals surface area contributed by atoms with Crippen molar-refractivity contribution in [1.29, 1.82) is 0 Å². The summed E-state index contributed by atoms with van der Waals surface area (Å²) in [7, 11) is -3.65. The van der Waals surface area contributed by atoms with Crippen molar-refractivity contribution in [2.24, 2.45) is 0 Å². The van der Waals surface area contributed by atoms with Gasteiger partial charge in [0.15, 0.2) is 6.61 Å². The number of nitrogens with one attached hydrogen (secondary N) is 2. The van der Waals surface area contributed by atoms with Crippen molar-refractivity contribution in [3.05, 3.63) is 90.0 Å². The van der Waals surface area contributed by atoms with Crippen LogP contribution in [0.5, 0.6) is 5.75 Å². The summed E-state index contributed by atoms with van der Waals surface area (Å²) in [4.78, 5) is 12.3. The highest BCUT2D eigenvalue weighted by atomic mass is 32.2. The number of carbonyl (C=O) groups is 1. The van der Waals surface area contributed by atoms with Gasteiger partial charge in [-0.25, -0.2) is 13.1 Å². The molecule has 2 N–H and O–H groups in total. The van der Waals surface area contributed by atoms with Crippen LogP contribution in [0.1, 0.15) is 31.9 Å². The van der Waals surface area contributed by atoms with E-state index in [4.69, 9.17) is 4.74 Å².